The summed E-state index contributed by atoms with van der Waals surface area (Å²) >= 11 is 0. The second-order valence-corrected chi connectivity index (χ2v) is 10.3. The third-order valence-electron chi connectivity index (χ3n) is 5.73. The topological polar surface area (TPSA) is 84.3 Å². The molecule has 1 heterocycles. The summed E-state index contributed by atoms with van der Waals surface area (Å²) in [5, 5.41) is 7.13. The summed E-state index contributed by atoms with van der Waals surface area (Å²) in [6.07, 6.45) is 4.79. The monoisotopic (exact) mass is 488 g/mol. The number of hydrogen-bond acceptors (Lipinski definition) is 4. The Morgan fingerprint density at radius 3 is 2.37 bits per heavy atom. The Morgan fingerprint density at radius 1 is 0.971 bits per heavy atom. The molecule has 0 spiro atoms. The van der Waals surface area contributed by atoms with Gasteiger partial charge in [-0.05, 0) is 46.9 Å². The molecule has 0 aliphatic carbocycles. The van der Waals surface area contributed by atoms with E-state index in [1.807, 2.05) is 60.3 Å². The predicted molar refractivity (Wildman–Crippen MR) is 138 cm³/mol. The summed E-state index contributed by atoms with van der Waals surface area (Å²) in [6, 6.07) is 25.1. The van der Waals surface area contributed by atoms with Crippen molar-refractivity contribution in [3.63, 3.8) is 0 Å². The SMILES string of the molecule is Cc1ccccc1N(CC(=O)NCc1ccccc1-c1ccc(Cn2cccn2)cc1)S(C)(=O)=O. The molecule has 3 aromatic carbocycles. The van der Waals surface area contributed by atoms with Crippen LogP contribution >= 0.6 is 0 Å². The van der Waals surface area contributed by atoms with Gasteiger partial charge in [0.15, 0.2) is 0 Å². The Kier molecular flexibility index (Phi) is 7.31. The zero-order chi connectivity index (χ0) is 24.8. The van der Waals surface area contributed by atoms with Crippen molar-refractivity contribution < 1.29 is 13.2 Å². The molecule has 1 N–H and O–H groups in total. The maximum absolute atomic E-state index is 12.8. The minimum absolute atomic E-state index is 0.284. The first-order valence-electron chi connectivity index (χ1n) is 11.3. The lowest BCUT2D eigenvalue weighted by molar-refractivity contribution is -0.119. The molecule has 0 saturated heterocycles. The standard InChI is InChI=1S/C27H28N4O3S/c1-21-8-3-6-11-26(21)31(35(2,33)34)20-27(32)28-18-24-9-4-5-10-25(24)23-14-12-22(13-15-23)19-30-17-7-16-29-30/h3-17H,18-20H2,1-2H3,(H,28,32). The first-order valence-corrected chi connectivity index (χ1v) is 13.1. The van der Waals surface area contributed by atoms with Gasteiger partial charge in [0.25, 0.3) is 0 Å². The highest BCUT2D eigenvalue weighted by atomic mass is 32.2. The molecular formula is C27H28N4O3S. The normalized spacial score (nSPS) is 11.3. The highest BCUT2D eigenvalue weighted by Gasteiger charge is 2.22. The Morgan fingerprint density at radius 2 is 1.69 bits per heavy atom. The quantitative estimate of drug-likeness (QED) is 0.386. The summed E-state index contributed by atoms with van der Waals surface area (Å²) in [5.41, 5.74) is 5.42. The van der Waals surface area contributed by atoms with Gasteiger partial charge >= 0.3 is 0 Å². The number of carbonyl (C=O) groups is 1. The lowest BCUT2D eigenvalue weighted by Crippen LogP contribution is -2.40. The van der Waals surface area contributed by atoms with E-state index in [4.69, 9.17) is 0 Å². The van der Waals surface area contributed by atoms with Crippen molar-refractivity contribution in [2.45, 2.75) is 20.0 Å². The number of aromatic nitrogens is 2. The first-order chi connectivity index (χ1) is 16.8. The number of aryl methyl sites for hydroxylation is 1. The van der Waals surface area contributed by atoms with Gasteiger partial charge in [-0.15, -0.1) is 0 Å². The molecule has 8 heteroatoms. The molecule has 0 bridgehead atoms. The Balaban J connectivity index is 1.46. The third kappa shape index (κ3) is 6.16. The van der Waals surface area contributed by atoms with Gasteiger partial charge in [0.1, 0.15) is 6.54 Å². The van der Waals surface area contributed by atoms with E-state index < -0.39 is 10.0 Å². The molecule has 0 aliphatic heterocycles. The molecule has 0 fully saturated rings. The van der Waals surface area contributed by atoms with E-state index in [2.05, 4.69) is 34.7 Å². The molecule has 4 aromatic rings. The molecule has 1 amide bonds. The zero-order valence-electron chi connectivity index (χ0n) is 19.8. The number of rotatable bonds is 9. The Bertz CT molecular complexity index is 1400. The van der Waals surface area contributed by atoms with E-state index in [0.717, 1.165) is 38.4 Å². The summed E-state index contributed by atoms with van der Waals surface area (Å²) in [7, 11) is -3.63. The summed E-state index contributed by atoms with van der Waals surface area (Å²) in [4.78, 5) is 12.8. The fourth-order valence-corrected chi connectivity index (χ4v) is 4.85. The Labute approximate surface area is 206 Å². The van der Waals surface area contributed by atoms with Crippen LogP contribution in [0.15, 0.2) is 91.3 Å². The number of sulfonamides is 1. The average molecular weight is 489 g/mol. The van der Waals surface area contributed by atoms with E-state index in [9.17, 15) is 13.2 Å². The van der Waals surface area contributed by atoms with Crippen molar-refractivity contribution in [1.29, 1.82) is 0 Å². The van der Waals surface area contributed by atoms with Crippen LogP contribution in [0.2, 0.25) is 0 Å². The van der Waals surface area contributed by atoms with Crippen LogP contribution in [0.4, 0.5) is 5.69 Å². The van der Waals surface area contributed by atoms with Gasteiger partial charge in [-0.25, -0.2) is 8.42 Å². The van der Waals surface area contributed by atoms with Gasteiger partial charge in [0, 0.05) is 18.9 Å². The highest BCUT2D eigenvalue weighted by Crippen LogP contribution is 2.25. The van der Waals surface area contributed by atoms with Crippen molar-refractivity contribution >= 4 is 21.6 Å². The van der Waals surface area contributed by atoms with Crippen LogP contribution in [-0.2, 0) is 27.9 Å². The van der Waals surface area contributed by atoms with E-state index in [0.29, 0.717) is 12.2 Å². The van der Waals surface area contributed by atoms with Gasteiger partial charge in [-0.1, -0.05) is 66.7 Å². The number of hydrogen-bond donors (Lipinski definition) is 1. The maximum atomic E-state index is 12.8. The molecule has 0 saturated carbocycles. The zero-order valence-corrected chi connectivity index (χ0v) is 20.6. The van der Waals surface area contributed by atoms with Crippen LogP contribution in [0.25, 0.3) is 11.1 Å². The number of nitrogens with one attached hydrogen (secondary N) is 1. The molecule has 0 aliphatic rings. The third-order valence-corrected chi connectivity index (χ3v) is 6.86. The first kappa shape index (κ1) is 24.2. The van der Waals surface area contributed by atoms with E-state index >= 15 is 0 Å². The van der Waals surface area contributed by atoms with Crippen LogP contribution in [0.3, 0.4) is 0 Å². The van der Waals surface area contributed by atoms with Crippen molar-refractivity contribution in [3.05, 3.63) is 108 Å². The fraction of sp³-hybridized carbons (Fsp3) is 0.185. The van der Waals surface area contributed by atoms with E-state index in [-0.39, 0.29) is 19.0 Å². The Hall–Kier alpha value is -3.91. The molecule has 4 rings (SSSR count). The lowest BCUT2D eigenvalue weighted by Gasteiger charge is -2.23. The van der Waals surface area contributed by atoms with Crippen LogP contribution in [-0.4, -0.2) is 36.9 Å². The number of amides is 1. The average Bonchev–Trinajstić information content (AvgIpc) is 3.35. The molecule has 0 atom stereocenters. The van der Waals surface area contributed by atoms with Gasteiger partial charge in [-0.2, -0.15) is 5.10 Å². The highest BCUT2D eigenvalue weighted by molar-refractivity contribution is 7.92. The number of anilines is 1. The van der Waals surface area contributed by atoms with Gasteiger partial charge in [0.2, 0.25) is 15.9 Å². The van der Waals surface area contributed by atoms with Crippen molar-refractivity contribution in [2.75, 3.05) is 17.1 Å². The number of nitrogens with zero attached hydrogens (tertiary/aromatic N) is 3. The molecule has 7 nitrogen and oxygen atoms in total. The molecule has 1 aromatic heterocycles. The maximum Gasteiger partial charge on any atom is 0.241 e. The second-order valence-electron chi connectivity index (χ2n) is 8.39. The van der Waals surface area contributed by atoms with E-state index in [1.165, 1.54) is 0 Å². The summed E-state index contributed by atoms with van der Waals surface area (Å²) < 4.78 is 27.8. The second kappa shape index (κ2) is 10.6. The molecule has 0 radical (unpaired) electrons. The van der Waals surface area contributed by atoms with Gasteiger partial charge < -0.3 is 5.32 Å². The van der Waals surface area contributed by atoms with Gasteiger partial charge in [-0.3, -0.25) is 13.8 Å². The number of benzene rings is 3. The van der Waals surface area contributed by atoms with Crippen LogP contribution in [0.1, 0.15) is 16.7 Å². The molecular weight excluding hydrogens is 460 g/mol. The van der Waals surface area contributed by atoms with Crippen molar-refractivity contribution in [2.24, 2.45) is 0 Å². The van der Waals surface area contributed by atoms with Crippen LogP contribution in [0.5, 0.6) is 0 Å². The predicted octanol–water partition coefficient (Wildman–Crippen LogP) is 3.99. The number of carbonyl (C=O) groups excluding carboxylic acids is 1. The summed E-state index contributed by atoms with van der Waals surface area (Å²) in [5.74, 6) is -0.372. The van der Waals surface area contributed by atoms with E-state index in [1.54, 1.807) is 18.3 Å². The van der Waals surface area contributed by atoms with Gasteiger partial charge in [0.05, 0.1) is 18.5 Å². The van der Waals surface area contributed by atoms with Crippen molar-refractivity contribution in [1.82, 2.24) is 15.1 Å². The fourth-order valence-electron chi connectivity index (χ4n) is 3.93. The van der Waals surface area contributed by atoms with Crippen LogP contribution < -0.4 is 9.62 Å². The van der Waals surface area contributed by atoms with Crippen LogP contribution in [0, 0.1) is 6.92 Å². The molecule has 35 heavy (non-hydrogen) atoms. The smallest absolute Gasteiger partial charge is 0.241 e. The molecule has 180 valence electrons. The largest absolute Gasteiger partial charge is 0.350 e. The molecule has 0 unspecified atom stereocenters. The minimum atomic E-state index is -3.63. The number of para-hydroxylation sites is 1. The minimum Gasteiger partial charge on any atom is -0.350 e. The van der Waals surface area contributed by atoms with Crippen molar-refractivity contribution in [3.8, 4) is 11.1 Å². The lowest BCUT2D eigenvalue weighted by atomic mass is 9.98. The summed E-state index contributed by atoms with van der Waals surface area (Å²) in [6.45, 7) is 2.52.